The molecule has 19 heavy (non-hydrogen) atoms. The molecule has 4 nitrogen and oxygen atoms in total. The van der Waals surface area contributed by atoms with Crippen molar-refractivity contribution in [2.24, 2.45) is 11.8 Å². The number of rotatable bonds is 3. The van der Waals surface area contributed by atoms with Gasteiger partial charge in [0.25, 0.3) is 0 Å². The third kappa shape index (κ3) is 3.22. The van der Waals surface area contributed by atoms with Crippen LogP contribution in [-0.2, 0) is 0 Å². The van der Waals surface area contributed by atoms with Crippen molar-refractivity contribution in [1.29, 1.82) is 0 Å². The second kappa shape index (κ2) is 5.55. The zero-order chi connectivity index (χ0) is 14.0. The number of hydrogen-bond acceptors (Lipinski definition) is 3. The summed E-state index contributed by atoms with van der Waals surface area (Å²) in [6.07, 6.45) is 3.26. The maximum Gasteiger partial charge on any atom is 0.306 e. The summed E-state index contributed by atoms with van der Waals surface area (Å²) < 4.78 is 13.2. The summed E-state index contributed by atoms with van der Waals surface area (Å²) >= 11 is 0. The highest BCUT2D eigenvalue weighted by Crippen LogP contribution is 2.31. The van der Waals surface area contributed by atoms with Crippen LogP contribution < -0.4 is 5.32 Å². The third-order valence-electron chi connectivity index (χ3n) is 4.11. The van der Waals surface area contributed by atoms with Crippen molar-refractivity contribution in [1.82, 2.24) is 0 Å². The summed E-state index contributed by atoms with van der Waals surface area (Å²) in [5, 5.41) is 14.0. The molecule has 3 atom stereocenters. The van der Waals surface area contributed by atoms with Gasteiger partial charge in [-0.15, -0.1) is 0 Å². The first-order valence-electron chi connectivity index (χ1n) is 6.68. The smallest absolute Gasteiger partial charge is 0.306 e. The van der Waals surface area contributed by atoms with Crippen LogP contribution in [0.2, 0.25) is 0 Å². The first kappa shape index (κ1) is 13.8. The van der Waals surface area contributed by atoms with Gasteiger partial charge in [0.1, 0.15) is 0 Å². The molecule has 1 aliphatic rings. The minimum Gasteiger partial charge on any atom is -0.382 e. The first-order chi connectivity index (χ1) is 8.97. The van der Waals surface area contributed by atoms with Gasteiger partial charge in [-0.25, -0.2) is 0 Å². The summed E-state index contributed by atoms with van der Waals surface area (Å²) in [5.74, 6) is 0.573. The van der Waals surface area contributed by atoms with Crippen molar-refractivity contribution in [3.63, 3.8) is 0 Å². The van der Waals surface area contributed by atoms with E-state index in [1.807, 2.05) is 0 Å². The molecule has 1 aromatic carbocycles. The van der Waals surface area contributed by atoms with Crippen LogP contribution in [0.3, 0.4) is 0 Å². The van der Waals surface area contributed by atoms with E-state index in [4.69, 9.17) is 0 Å². The van der Waals surface area contributed by atoms with Crippen molar-refractivity contribution in [3.8, 4) is 0 Å². The Balaban J connectivity index is 2.07. The third-order valence-corrected chi connectivity index (χ3v) is 4.11. The lowest BCUT2D eigenvalue weighted by Gasteiger charge is -2.33. The molecule has 0 bridgehead atoms. The summed E-state index contributed by atoms with van der Waals surface area (Å²) in [6.45, 7) is 4.48. The highest BCUT2D eigenvalue weighted by Gasteiger charge is 2.25. The summed E-state index contributed by atoms with van der Waals surface area (Å²) in [5.41, 5.74) is 0.155. The molecule has 2 rings (SSSR count). The molecule has 5 heteroatoms. The SMILES string of the molecule is CC1CCC(Nc2ccc(F)c([N+](=O)[O-])c2)CC1C. The fourth-order valence-electron chi connectivity index (χ4n) is 2.66. The van der Waals surface area contributed by atoms with Crippen LogP contribution in [0.15, 0.2) is 18.2 Å². The van der Waals surface area contributed by atoms with Gasteiger partial charge in [-0.05, 0) is 43.2 Å². The number of nitrogens with zero attached hydrogens (tertiary/aromatic N) is 1. The molecule has 0 aliphatic heterocycles. The van der Waals surface area contributed by atoms with Crippen LogP contribution in [0.4, 0.5) is 15.8 Å². The monoisotopic (exact) mass is 266 g/mol. The highest BCUT2D eigenvalue weighted by atomic mass is 19.1. The lowest BCUT2D eigenvalue weighted by Crippen LogP contribution is -2.30. The van der Waals surface area contributed by atoms with Gasteiger partial charge in [0.15, 0.2) is 0 Å². The van der Waals surface area contributed by atoms with E-state index >= 15 is 0 Å². The number of hydrogen-bond donors (Lipinski definition) is 1. The Morgan fingerprint density at radius 3 is 2.68 bits per heavy atom. The minimum absolute atomic E-state index is 0.316. The van der Waals surface area contributed by atoms with Crippen LogP contribution >= 0.6 is 0 Å². The molecular weight excluding hydrogens is 247 g/mol. The molecular formula is C14H19FN2O2. The van der Waals surface area contributed by atoms with Crippen LogP contribution in [-0.4, -0.2) is 11.0 Å². The normalized spacial score (nSPS) is 27.0. The van der Waals surface area contributed by atoms with E-state index in [1.54, 1.807) is 6.07 Å². The maximum atomic E-state index is 13.2. The van der Waals surface area contributed by atoms with E-state index < -0.39 is 16.4 Å². The molecule has 1 aromatic rings. The van der Waals surface area contributed by atoms with Crippen LogP contribution in [0.5, 0.6) is 0 Å². The van der Waals surface area contributed by atoms with Gasteiger partial charge in [-0.1, -0.05) is 13.8 Å². The first-order valence-corrected chi connectivity index (χ1v) is 6.68. The predicted octanol–water partition coefficient (Wildman–Crippen LogP) is 3.97. The van der Waals surface area contributed by atoms with Crippen LogP contribution in [0.25, 0.3) is 0 Å². The molecule has 104 valence electrons. The van der Waals surface area contributed by atoms with E-state index in [2.05, 4.69) is 19.2 Å². The molecule has 3 unspecified atom stereocenters. The van der Waals surface area contributed by atoms with Crippen LogP contribution in [0, 0.1) is 27.8 Å². The second-order valence-corrected chi connectivity index (χ2v) is 5.53. The Hall–Kier alpha value is -1.65. The average molecular weight is 266 g/mol. The van der Waals surface area contributed by atoms with E-state index in [-0.39, 0.29) is 0 Å². The van der Waals surface area contributed by atoms with E-state index in [0.717, 1.165) is 31.2 Å². The summed E-state index contributed by atoms with van der Waals surface area (Å²) in [7, 11) is 0. The largest absolute Gasteiger partial charge is 0.382 e. The number of nitro benzene ring substituents is 1. The molecule has 0 heterocycles. The van der Waals surface area contributed by atoms with Gasteiger partial charge >= 0.3 is 5.69 Å². The quantitative estimate of drug-likeness (QED) is 0.665. The van der Waals surface area contributed by atoms with Gasteiger partial charge in [-0.3, -0.25) is 10.1 Å². The summed E-state index contributed by atoms with van der Waals surface area (Å²) in [6, 6.07) is 4.30. The topological polar surface area (TPSA) is 55.2 Å². The Morgan fingerprint density at radius 2 is 2.05 bits per heavy atom. The van der Waals surface area contributed by atoms with Gasteiger partial charge in [0.2, 0.25) is 5.82 Å². The number of anilines is 1. The molecule has 1 aliphatic carbocycles. The van der Waals surface area contributed by atoms with Crippen molar-refractivity contribution in [2.75, 3.05) is 5.32 Å². The van der Waals surface area contributed by atoms with Crippen molar-refractivity contribution in [2.45, 2.75) is 39.2 Å². The molecule has 1 fully saturated rings. The molecule has 0 aromatic heterocycles. The predicted molar refractivity (Wildman–Crippen MR) is 72.6 cm³/mol. The van der Waals surface area contributed by atoms with Crippen molar-refractivity contribution in [3.05, 3.63) is 34.1 Å². The molecule has 0 radical (unpaired) electrons. The van der Waals surface area contributed by atoms with Gasteiger partial charge in [-0.2, -0.15) is 4.39 Å². The van der Waals surface area contributed by atoms with E-state index in [0.29, 0.717) is 17.6 Å². The van der Waals surface area contributed by atoms with Crippen molar-refractivity contribution < 1.29 is 9.31 Å². The zero-order valence-corrected chi connectivity index (χ0v) is 11.2. The fourth-order valence-corrected chi connectivity index (χ4v) is 2.66. The summed E-state index contributed by atoms with van der Waals surface area (Å²) in [4.78, 5) is 10.0. The van der Waals surface area contributed by atoms with E-state index in [9.17, 15) is 14.5 Å². The molecule has 0 spiro atoms. The minimum atomic E-state index is -0.791. The highest BCUT2D eigenvalue weighted by molar-refractivity contribution is 5.52. The standard InChI is InChI=1S/C14H19FN2O2/c1-9-3-4-11(7-10(9)2)16-12-5-6-13(15)14(8-12)17(18)19/h5-6,8-11,16H,3-4,7H2,1-2H3. The lowest BCUT2D eigenvalue weighted by atomic mass is 9.79. The second-order valence-electron chi connectivity index (χ2n) is 5.53. The van der Waals surface area contributed by atoms with E-state index in [1.165, 1.54) is 6.07 Å². The Morgan fingerprint density at radius 1 is 1.32 bits per heavy atom. The van der Waals surface area contributed by atoms with Gasteiger partial charge in [0.05, 0.1) is 4.92 Å². The zero-order valence-electron chi connectivity index (χ0n) is 11.2. The molecule has 0 amide bonds. The average Bonchev–Trinajstić information content (AvgIpc) is 2.36. The Bertz CT molecular complexity index is 479. The molecule has 1 saturated carbocycles. The van der Waals surface area contributed by atoms with Gasteiger partial charge < -0.3 is 5.32 Å². The fraction of sp³-hybridized carbons (Fsp3) is 0.571. The number of nitrogens with one attached hydrogen (secondary N) is 1. The Labute approximate surface area is 112 Å². The number of benzene rings is 1. The van der Waals surface area contributed by atoms with Crippen molar-refractivity contribution >= 4 is 11.4 Å². The lowest BCUT2D eigenvalue weighted by molar-refractivity contribution is -0.387. The maximum absolute atomic E-state index is 13.2. The Kier molecular flexibility index (Phi) is 4.02. The number of nitro groups is 1. The molecule has 1 N–H and O–H groups in total. The molecule has 0 saturated heterocycles. The van der Waals surface area contributed by atoms with Crippen LogP contribution in [0.1, 0.15) is 33.1 Å². The van der Waals surface area contributed by atoms with Gasteiger partial charge in [0, 0.05) is 17.8 Å². The number of halogens is 1.